The van der Waals surface area contributed by atoms with Gasteiger partial charge in [0.15, 0.2) is 0 Å². The Morgan fingerprint density at radius 1 is 1.33 bits per heavy atom. The molecule has 27 heavy (non-hydrogen) atoms. The molecule has 1 N–H and O–H groups in total. The molecule has 1 amide bonds. The van der Waals surface area contributed by atoms with E-state index in [0.717, 1.165) is 58.0 Å². The molecule has 152 valence electrons. The van der Waals surface area contributed by atoms with Crippen molar-refractivity contribution in [1.29, 1.82) is 0 Å². The highest BCUT2D eigenvalue weighted by Crippen LogP contribution is 2.56. The van der Waals surface area contributed by atoms with Gasteiger partial charge in [0.05, 0.1) is 6.10 Å². The van der Waals surface area contributed by atoms with Crippen LogP contribution in [0.2, 0.25) is 0 Å². The number of aliphatic hydroxyl groups excluding tert-OH is 1. The van der Waals surface area contributed by atoms with Crippen LogP contribution >= 0.6 is 0 Å². The van der Waals surface area contributed by atoms with E-state index in [-0.39, 0.29) is 17.4 Å². The zero-order valence-electron chi connectivity index (χ0n) is 17.8. The van der Waals surface area contributed by atoms with Gasteiger partial charge < -0.3 is 10.0 Å². The van der Waals surface area contributed by atoms with Crippen LogP contribution in [0.25, 0.3) is 0 Å². The van der Waals surface area contributed by atoms with Crippen molar-refractivity contribution in [1.82, 2.24) is 4.90 Å². The van der Waals surface area contributed by atoms with Crippen LogP contribution in [0.1, 0.15) is 72.6 Å². The first-order valence-electron chi connectivity index (χ1n) is 11.0. The van der Waals surface area contributed by atoms with Crippen LogP contribution in [-0.2, 0) is 4.79 Å². The number of hydrogen-bond acceptors (Lipinski definition) is 2. The van der Waals surface area contributed by atoms with Gasteiger partial charge in [-0.1, -0.05) is 38.5 Å². The number of carbonyl (C=O) groups excluding carboxylic acids is 1. The Labute approximate surface area is 165 Å². The number of nitrogens with zero attached hydrogens (tertiary/aromatic N) is 1. The van der Waals surface area contributed by atoms with Crippen molar-refractivity contribution in [2.24, 2.45) is 29.1 Å². The second-order valence-electron chi connectivity index (χ2n) is 10.1. The summed E-state index contributed by atoms with van der Waals surface area (Å²) < 4.78 is 0. The number of rotatable bonds is 4. The number of fused-ring (bicyclic) bond motifs is 1. The normalized spacial score (nSPS) is 36.6. The van der Waals surface area contributed by atoms with Crippen LogP contribution in [-0.4, -0.2) is 35.1 Å². The van der Waals surface area contributed by atoms with E-state index >= 15 is 0 Å². The summed E-state index contributed by atoms with van der Waals surface area (Å²) in [5, 5.41) is 10.6. The predicted octanol–water partition coefficient (Wildman–Crippen LogP) is 4.96. The zero-order chi connectivity index (χ0) is 19.8. The summed E-state index contributed by atoms with van der Waals surface area (Å²) in [6.07, 6.45) is 9.18. The fourth-order valence-electron chi connectivity index (χ4n) is 6.08. The van der Waals surface area contributed by atoms with Crippen LogP contribution < -0.4 is 0 Å². The minimum absolute atomic E-state index is 0.00721. The molecule has 3 rings (SSSR count). The molecular weight excluding hydrogens is 334 g/mol. The van der Waals surface area contributed by atoms with Gasteiger partial charge in [-0.25, -0.2) is 0 Å². The summed E-state index contributed by atoms with van der Waals surface area (Å²) in [6, 6.07) is 0. The Kier molecular flexibility index (Phi) is 6.20. The largest absolute Gasteiger partial charge is 0.393 e. The average molecular weight is 374 g/mol. The van der Waals surface area contributed by atoms with Gasteiger partial charge in [-0.05, 0) is 81.0 Å². The molecule has 0 radical (unpaired) electrons. The maximum absolute atomic E-state index is 12.4. The van der Waals surface area contributed by atoms with Gasteiger partial charge in [-0.15, -0.1) is 0 Å². The van der Waals surface area contributed by atoms with E-state index in [0.29, 0.717) is 23.7 Å². The molecule has 1 aliphatic heterocycles. The molecule has 0 bridgehead atoms. The van der Waals surface area contributed by atoms with E-state index in [1.807, 2.05) is 11.0 Å². The predicted molar refractivity (Wildman–Crippen MR) is 111 cm³/mol. The van der Waals surface area contributed by atoms with E-state index in [1.54, 1.807) is 0 Å². The molecule has 5 unspecified atom stereocenters. The van der Waals surface area contributed by atoms with Gasteiger partial charge in [0.1, 0.15) is 0 Å². The van der Waals surface area contributed by atoms with Gasteiger partial charge >= 0.3 is 0 Å². The first-order chi connectivity index (χ1) is 12.7. The molecule has 3 heteroatoms. The Hall–Kier alpha value is -1.09. The molecule has 0 aromatic rings. The number of likely N-dealkylation sites (tertiary alicyclic amines) is 1. The van der Waals surface area contributed by atoms with Gasteiger partial charge in [0, 0.05) is 19.2 Å². The number of aliphatic hydroxyl groups is 1. The van der Waals surface area contributed by atoms with E-state index in [4.69, 9.17) is 0 Å². The number of carbonyl (C=O) groups is 1. The maximum atomic E-state index is 12.4. The minimum Gasteiger partial charge on any atom is -0.393 e. The molecule has 3 fully saturated rings. The van der Waals surface area contributed by atoms with Crippen molar-refractivity contribution in [2.75, 3.05) is 13.1 Å². The first-order valence-corrected chi connectivity index (χ1v) is 11.0. The van der Waals surface area contributed by atoms with E-state index in [2.05, 4.69) is 34.3 Å². The second kappa shape index (κ2) is 8.11. The highest BCUT2D eigenvalue weighted by molar-refractivity contribution is 5.88. The highest BCUT2D eigenvalue weighted by atomic mass is 16.3. The SMILES string of the molecule is C=C1CCC2C(C(C)CC(O)C2(C)C)C1CC/C(C)=C/C(=O)N1CCCC1. The van der Waals surface area contributed by atoms with Crippen molar-refractivity contribution in [3.05, 3.63) is 23.8 Å². The fourth-order valence-corrected chi connectivity index (χ4v) is 6.08. The molecule has 1 heterocycles. The van der Waals surface area contributed by atoms with Gasteiger partial charge in [0.25, 0.3) is 0 Å². The third kappa shape index (κ3) is 4.18. The number of amides is 1. The Morgan fingerprint density at radius 2 is 2.00 bits per heavy atom. The molecule has 2 aliphatic carbocycles. The van der Waals surface area contributed by atoms with Crippen LogP contribution in [0.15, 0.2) is 23.8 Å². The fraction of sp³-hybridized carbons (Fsp3) is 0.792. The Bertz CT molecular complexity index is 600. The average Bonchev–Trinajstić information content (AvgIpc) is 3.13. The highest BCUT2D eigenvalue weighted by Gasteiger charge is 2.51. The molecule has 2 saturated carbocycles. The van der Waals surface area contributed by atoms with Crippen LogP contribution in [0, 0.1) is 29.1 Å². The molecule has 1 saturated heterocycles. The molecule has 0 aromatic carbocycles. The van der Waals surface area contributed by atoms with Crippen molar-refractivity contribution in [3.8, 4) is 0 Å². The Morgan fingerprint density at radius 3 is 2.67 bits per heavy atom. The van der Waals surface area contributed by atoms with Gasteiger partial charge in [-0.3, -0.25) is 4.79 Å². The van der Waals surface area contributed by atoms with Crippen LogP contribution in [0.3, 0.4) is 0 Å². The first kappa shape index (κ1) is 20.6. The summed E-state index contributed by atoms with van der Waals surface area (Å²) in [5.41, 5.74) is 2.59. The Balaban J connectivity index is 1.67. The van der Waals surface area contributed by atoms with Crippen molar-refractivity contribution in [2.45, 2.75) is 78.7 Å². The topological polar surface area (TPSA) is 40.5 Å². The lowest BCUT2D eigenvalue weighted by Gasteiger charge is -2.55. The van der Waals surface area contributed by atoms with E-state index < -0.39 is 0 Å². The third-order valence-electron chi connectivity index (χ3n) is 7.93. The van der Waals surface area contributed by atoms with Crippen molar-refractivity contribution >= 4 is 5.91 Å². The summed E-state index contributed by atoms with van der Waals surface area (Å²) in [5.74, 6) is 2.45. The monoisotopic (exact) mass is 373 g/mol. The van der Waals surface area contributed by atoms with Gasteiger partial charge in [-0.2, -0.15) is 0 Å². The smallest absolute Gasteiger partial charge is 0.246 e. The lowest BCUT2D eigenvalue weighted by molar-refractivity contribution is -0.125. The van der Waals surface area contributed by atoms with Gasteiger partial charge in [0.2, 0.25) is 5.91 Å². The molecular formula is C24H39NO2. The van der Waals surface area contributed by atoms with Crippen LogP contribution in [0.4, 0.5) is 0 Å². The third-order valence-corrected chi connectivity index (χ3v) is 7.93. The van der Waals surface area contributed by atoms with Crippen LogP contribution in [0.5, 0.6) is 0 Å². The van der Waals surface area contributed by atoms with E-state index in [9.17, 15) is 9.90 Å². The molecule has 5 atom stereocenters. The van der Waals surface area contributed by atoms with Crippen molar-refractivity contribution in [3.63, 3.8) is 0 Å². The molecule has 0 aromatic heterocycles. The summed E-state index contributed by atoms with van der Waals surface area (Å²) in [7, 11) is 0. The van der Waals surface area contributed by atoms with Crippen molar-refractivity contribution < 1.29 is 9.90 Å². The summed E-state index contributed by atoms with van der Waals surface area (Å²) in [6.45, 7) is 15.2. The molecule has 0 spiro atoms. The standard InChI is InChI=1S/C24H39NO2/c1-16(14-22(27)25-12-6-7-13-25)8-10-19-17(2)9-11-20-23(19)18(3)15-21(26)24(20,4)5/h14,18-21,23,26H,2,6-13,15H2,1,3-5H3/b16-14+. The lowest BCUT2D eigenvalue weighted by Crippen LogP contribution is -2.52. The molecule has 3 nitrogen and oxygen atoms in total. The maximum Gasteiger partial charge on any atom is 0.246 e. The molecule has 3 aliphatic rings. The quantitative estimate of drug-likeness (QED) is 0.559. The second-order valence-corrected chi connectivity index (χ2v) is 10.1. The van der Waals surface area contributed by atoms with E-state index in [1.165, 1.54) is 11.1 Å². The zero-order valence-corrected chi connectivity index (χ0v) is 17.8. The lowest BCUT2D eigenvalue weighted by atomic mass is 9.50. The number of allylic oxidation sites excluding steroid dienone is 2. The minimum atomic E-state index is -0.194. The number of hydrogen-bond donors (Lipinski definition) is 1. The summed E-state index contributed by atoms with van der Waals surface area (Å²) >= 11 is 0. The summed E-state index contributed by atoms with van der Waals surface area (Å²) in [4.78, 5) is 14.4.